The highest BCUT2D eigenvalue weighted by molar-refractivity contribution is 5.23. The Morgan fingerprint density at radius 1 is 1.27 bits per heavy atom. The number of benzene rings is 1. The Morgan fingerprint density at radius 3 is 2.67 bits per heavy atom. The molecule has 0 saturated carbocycles. The summed E-state index contributed by atoms with van der Waals surface area (Å²) in [4.78, 5) is 0. The highest BCUT2D eigenvalue weighted by Crippen LogP contribution is 2.19. The van der Waals surface area contributed by atoms with Crippen LogP contribution in [0.5, 0.6) is 0 Å². The van der Waals surface area contributed by atoms with Crippen molar-refractivity contribution in [2.75, 3.05) is 0 Å². The van der Waals surface area contributed by atoms with Gasteiger partial charge in [-0.25, -0.2) is 0 Å². The molecule has 1 aromatic carbocycles. The minimum absolute atomic E-state index is 0.575. The molecule has 7 heteroatoms. The van der Waals surface area contributed by atoms with E-state index < -0.39 is 6.04 Å². The third-order valence-electron chi connectivity index (χ3n) is 1.85. The van der Waals surface area contributed by atoms with Crippen molar-refractivity contribution in [2.24, 2.45) is 20.9 Å². The molecular weight excluding hydrogens is 194 g/mol. The summed E-state index contributed by atoms with van der Waals surface area (Å²) in [7, 11) is 0. The normalized spacial score (nSPS) is 15.5. The van der Waals surface area contributed by atoms with E-state index in [1.807, 2.05) is 30.3 Å². The Bertz CT molecular complexity index is 418. The summed E-state index contributed by atoms with van der Waals surface area (Å²) in [6, 6.07) is 10.8. The lowest BCUT2D eigenvalue weighted by molar-refractivity contribution is 0.125. The van der Waals surface area contributed by atoms with Crippen molar-refractivity contribution in [1.82, 2.24) is 10.7 Å². The molecule has 1 aromatic rings. The highest BCUT2D eigenvalue weighted by Gasteiger charge is 2.19. The molecule has 1 aliphatic heterocycles. The van der Waals surface area contributed by atoms with Crippen LogP contribution in [0.1, 0.15) is 11.6 Å². The van der Waals surface area contributed by atoms with Crippen LogP contribution in [0.4, 0.5) is 0 Å². The van der Waals surface area contributed by atoms with Gasteiger partial charge in [0.2, 0.25) is 0 Å². The van der Waals surface area contributed by atoms with E-state index in [-0.39, 0.29) is 0 Å². The minimum atomic E-state index is -0.575. The molecule has 0 bridgehead atoms. The van der Waals surface area contributed by atoms with E-state index in [2.05, 4.69) is 32.5 Å². The molecule has 0 radical (unpaired) electrons. The lowest BCUT2D eigenvalue weighted by Crippen LogP contribution is -2.33. The monoisotopic (exact) mass is 201 g/mol. The number of hydrogen-bond acceptors (Lipinski definition) is 7. The summed E-state index contributed by atoms with van der Waals surface area (Å²) in [6.45, 7) is 0. The van der Waals surface area contributed by atoms with Crippen molar-refractivity contribution in [3.05, 3.63) is 35.9 Å². The second-order valence-corrected chi connectivity index (χ2v) is 2.76. The average Bonchev–Trinajstić information content (AvgIpc) is 2.33. The zero-order valence-corrected chi connectivity index (χ0v) is 7.65. The van der Waals surface area contributed by atoms with Crippen molar-refractivity contribution >= 4 is 0 Å². The van der Waals surface area contributed by atoms with Crippen LogP contribution >= 0.6 is 0 Å². The second kappa shape index (κ2) is 4.15. The number of nitrogens with zero attached hydrogens (tertiary/aromatic N) is 6. The van der Waals surface area contributed by atoms with Crippen molar-refractivity contribution in [1.29, 1.82) is 5.26 Å². The van der Waals surface area contributed by atoms with E-state index in [1.165, 1.54) is 5.12 Å². The molecule has 0 fully saturated rings. The quantitative estimate of drug-likeness (QED) is 0.789. The lowest BCUT2D eigenvalue weighted by atomic mass is 10.1. The predicted octanol–water partition coefficient (Wildman–Crippen LogP) is 1.72. The van der Waals surface area contributed by atoms with E-state index in [0.717, 1.165) is 5.56 Å². The zero-order chi connectivity index (χ0) is 10.5. The van der Waals surface area contributed by atoms with E-state index >= 15 is 0 Å². The summed E-state index contributed by atoms with van der Waals surface area (Å²) < 4.78 is 0. The van der Waals surface area contributed by atoms with Crippen molar-refractivity contribution < 1.29 is 0 Å². The van der Waals surface area contributed by atoms with Gasteiger partial charge in [0.05, 0.1) is 6.07 Å². The minimum Gasteiger partial charge on any atom is -0.195 e. The lowest BCUT2D eigenvalue weighted by Gasteiger charge is -2.21. The molecule has 74 valence electrons. The van der Waals surface area contributed by atoms with Crippen LogP contribution in [0.15, 0.2) is 51.2 Å². The van der Waals surface area contributed by atoms with Gasteiger partial charge in [-0.2, -0.15) is 10.8 Å². The van der Waals surface area contributed by atoms with Crippen LogP contribution in [0.2, 0.25) is 0 Å². The van der Waals surface area contributed by atoms with E-state index in [1.54, 1.807) is 0 Å². The largest absolute Gasteiger partial charge is 0.195 e. The summed E-state index contributed by atoms with van der Waals surface area (Å²) >= 11 is 0. The predicted molar refractivity (Wildman–Crippen MR) is 49.5 cm³/mol. The van der Waals surface area contributed by atoms with Crippen LogP contribution in [-0.2, 0) is 0 Å². The molecule has 1 heterocycles. The first-order valence-corrected chi connectivity index (χ1v) is 4.22. The molecule has 7 nitrogen and oxygen atoms in total. The standard InChI is InChI=1S/C8H7N7/c9-6-8(7-4-2-1-3-5-7)15-13-11-10-12-14-15/h1-5,8H,(H,10,13,14). The zero-order valence-electron chi connectivity index (χ0n) is 7.65. The SMILES string of the molecule is N#CC(c1ccccc1)N1N=NN=NN1. The van der Waals surface area contributed by atoms with Crippen molar-refractivity contribution in [3.8, 4) is 6.07 Å². The van der Waals surface area contributed by atoms with Crippen molar-refractivity contribution in [3.63, 3.8) is 0 Å². The van der Waals surface area contributed by atoms with Gasteiger partial charge >= 0.3 is 0 Å². The maximum atomic E-state index is 9.03. The number of hydrazine groups is 1. The molecule has 1 aliphatic rings. The fourth-order valence-corrected chi connectivity index (χ4v) is 1.18. The third kappa shape index (κ3) is 1.88. The van der Waals surface area contributed by atoms with E-state index in [0.29, 0.717) is 0 Å². The first-order chi connectivity index (χ1) is 7.42. The highest BCUT2D eigenvalue weighted by atomic mass is 15.9. The van der Waals surface area contributed by atoms with Crippen molar-refractivity contribution in [2.45, 2.75) is 6.04 Å². The van der Waals surface area contributed by atoms with Crippen LogP contribution < -0.4 is 5.53 Å². The van der Waals surface area contributed by atoms with E-state index in [4.69, 9.17) is 5.26 Å². The van der Waals surface area contributed by atoms with Gasteiger partial charge in [-0.1, -0.05) is 30.3 Å². The van der Waals surface area contributed by atoms with Gasteiger partial charge in [0.15, 0.2) is 6.04 Å². The summed E-state index contributed by atoms with van der Waals surface area (Å²) in [5, 5.41) is 24.0. The first-order valence-electron chi connectivity index (χ1n) is 4.22. The van der Waals surface area contributed by atoms with Crippen LogP contribution in [0, 0.1) is 11.3 Å². The van der Waals surface area contributed by atoms with E-state index in [9.17, 15) is 0 Å². The molecule has 0 aliphatic carbocycles. The molecule has 1 atom stereocenters. The Kier molecular flexibility index (Phi) is 2.51. The van der Waals surface area contributed by atoms with Gasteiger partial charge in [-0.05, 0) is 26.5 Å². The first kappa shape index (κ1) is 9.08. The Hall–Kier alpha value is -2.49. The number of nitriles is 1. The van der Waals surface area contributed by atoms with Crippen LogP contribution in [0.25, 0.3) is 0 Å². The van der Waals surface area contributed by atoms with Gasteiger partial charge < -0.3 is 0 Å². The fourth-order valence-electron chi connectivity index (χ4n) is 1.18. The molecule has 0 amide bonds. The fraction of sp³-hybridized carbons (Fsp3) is 0.125. The number of hydrogen-bond donors (Lipinski definition) is 1. The van der Waals surface area contributed by atoms with Gasteiger partial charge in [-0.15, -0.1) is 5.12 Å². The topological polar surface area (TPSA) is 88.5 Å². The van der Waals surface area contributed by atoms with Gasteiger partial charge in [-0.3, -0.25) is 0 Å². The summed E-state index contributed by atoms with van der Waals surface area (Å²) in [5.41, 5.74) is 3.29. The third-order valence-corrected chi connectivity index (χ3v) is 1.85. The maximum absolute atomic E-state index is 9.03. The maximum Gasteiger partial charge on any atom is 0.184 e. The molecular formula is C8H7N7. The smallest absolute Gasteiger partial charge is 0.184 e. The van der Waals surface area contributed by atoms with Crippen LogP contribution in [0.3, 0.4) is 0 Å². The Balaban J connectivity index is 2.22. The summed E-state index contributed by atoms with van der Waals surface area (Å²) in [5.74, 6) is 0. The molecule has 2 rings (SSSR count). The van der Waals surface area contributed by atoms with Gasteiger partial charge in [0, 0.05) is 0 Å². The van der Waals surface area contributed by atoms with Gasteiger partial charge in [0.1, 0.15) is 0 Å². The average molecular weight is 201 g/mol. The molecule has 15 heavy (non-hydrogen) atoms. The number of nitrogens with one attached hydrogen (secondary N) is 1. The summed E-state index contributed by atoms with van der Waals surface area (Å²) in [6.07, 6.45) is 0. The molecule has 1 N–H and O–H groups in total. The molecule has 0 aromatic heterocycles. The number of rotatable bonds is 2. The molecule has 0 saturated heterocycles. The molecule has 1 unspecified atom stereocenters. The van der Waals surface area contributed by atoms with Gasteiger partial charge in [0.25, 0.3) is 0 Å². The molecule has 0 spiro atoms. The second-order valence-electron chi connectivity index (χ2n) is 2.76. The Labute approximate surface area is 85.6 Å². The Morgan fingerprint density at radius 2 is 2.07 bits per heavy atom. The van der Waals surface area contributed by atoms with Crippen LogP contribution in [-0.4, -0.2) is 5.12 Å².